The van der Waals surface area contributed by atoms with Gasteiger partial charge in [0.1, 0.15) is 11.2 Å². The van der Waals surface area contributed by atoms with Crippen molar-refractivity contribution < 1.29 is 14.3 Å². The maximum Gasteiger partial charge on any atom is 0.199 e. The molecule has 0 amide bonds. The molecule has 0 bridgehead atoms. The number of rotatable bonds is 2. The zero-order chi connectivity index (χ0) is 14.3. The lowest BCUT2D eigenvalue weighted by atomic mass is 10.2. The molecule has 0 saturated carbocycles. The van der Waals surface area contributed by atoms with Crippen molar-refractivity contribution in [3.05, 3.63) is 29.8 Å². The van der Waals surface area contributed by atoms with E-state index in [1.165, 1.54) is 0 Å². The second-order valence-electron chi connectivity index (χ2n) is 4.02. The van der Waals surface area contributed by atoms with E-state index >= 15 is 0 Å². The topological polar surface area (TPSA) is 138 Å². The van der Waals surface area contributed by atoms with E-state index in [1.54, 1.807) is 25.1 Å². The number of aryl methyl sites for hydroxylation is 1. The molecule has 0 radical (unpaired) electrons. The highest BCUT2D eigenvalue weighted by molar-refractivity contribution is 6.10. The van der Waals surface area contributed by atoms with Gasteiger partial charge in [-0.2, -0.15) is 0 Å². The average molecular weight is 274 g/mol. The van der Waals surface area contributed by atoms with Crippen LogP contribution in [0.4, 0.5) is 11.5 Å². The van der Waals surface area contributed by atoms with Crippen molar-refractivity contribution in [1.29, 1.82) is 5.41 Å². The summed E-state index contributed by atoms with van der Waals surface area (Å²) in [6, 6.07) is 4.97. The second kappa shape index (κ2) is 4.31. The fourth-order valence-corrected chi connectivity index (χ4v) is 1.80. The standard InChI is InChI=1S/C11H10N6O3/c1-5-14-8-6(3-2-4-7(8)19-5)17(18)11(13)9-10(12)16-20-15-9/h2-4,13,18H,1H3,(H2,12,16). The van der Waals surface area contributed by atoms with Crippen LogP contribution in [-0.4, -0.2) is 26.3 Å². The molecule has 0 aliphatic rings. The summed E-state index contributed by atoms with van der Waals surface area (Å²) in [7, 11) is 0. The molecule has 3 rings (SSSR count). The number of aromatic nitrogens is 3. The predicted molar refractivity (Wildman–Crippen MR) is 68.6 cm³/mol. The molecule has 0 fully saturated rings. The SMILES string of the molecule is Cc1nc2c(N(O)C(=N)c3nonc3N)cccc2o1. The Bertz CT molecular complexity index is 792. The van der Waals surface area contributed by atoms with Crippen molar-refractivity contribution in [1.82, 2.24) is 15.3 Å². The van der Waals surface area contributed by atoms with Crippen molar-refractivity contribution in [3.8, 4) is 0 Å². The van der Waals surface area contributed by atoms with Crippen LogP contribution in [0.3, 0.4) is 0 Å². The van der Waals surface area contributed by atoms with Gasteiger partial charge in [-0.1, -0.05) is 6.07 Å². The Morgan fingerprint density at radius 2 is 2.20 bits per heavy atom. The summed E-state index contributed by atoms with van der Waals surface area (Å²) in [4.78, 5) is 4.16. The molecule has 0 spiro atoms. The molecule has 1 aromatic carbocycles. The molecule has 0 saturated heterocycles. The number of amidine groups is 1. The second-order valence-corrected chi connectivity index (χ2v) is 4.02. The Balaban J connectivity index is 2.07. The van der Waals surface area contributed by atoms with Gasteiger partial charge >= 0.3 is 0 Å². The number of hydrogen-bond donors (Lipinski definition) is 3. The first-order valence-corrected chi connectivity index (χ1v) is 5.60. The van der Waals surface area contributed by atoms with E-state index in [9.17, 15) is 5.21 Å². The molecule has 2 heterocycles. The molecular weight excluding hydrogens is 264 g/mol. The minimum absolute atomic E-state index is 0.0651. The minimum atomic E-state index is -0.378. The molecule has 0 aliphatic carbocycles. The molecule has 20 heavy (non-hydrogen) atoms. The van der Waals surface area contributed by atoms with E-state index in [1.807, 2.05) is 0 Å². The third-order valence-corrected chi connectivity index (χ3v) is 2.68. The van der Waals surface area contributed by atoms with Crippen molar-refractivity contribution in [2.24, 2.45) is 0 Å². The van der Waals surface area contributed by atoms with Crippen LogP contribution in [0, 0.1) is 12.3 Å². The molecule has 9 heteroatoms. The first-order chi connectivity index (χ1) is 9.58. The molecule has 0 unspecified atom stereocenters. The van der Waals surface area contributed by atoms with Crippen molar-refractivity contribution in [3.63, 3.8) is 0 Å². The molecule has 9 nitrogen and oxygen atoms in total. The summed E-state index contributed by atoms with van der Waals surface area (Å²) in [5.74, 6) is -0.00976. The number of nitrogens with one attached hydrogen (secondary N) is 1. The molecule has 2 aromatic heterocycles. The Hall–Kier alpha value is -2.94. The number of benzene rings is 1. The summed E-state index contributed by atoms with van der Waals surface area (Å²) in [5.41, 5.74) is 6.62. The molecule has 3 aromatic rings. The number of fused-ring (bicyclic) bond motifs is 1. The minimum Gasteiger partial charge on any atom is -0.441 e. The van der Waals surface area contributed by atoms with E-state index < -0.39 is 0 Å². The zero-order valence-electron chi connectivity index (χ0n) is 10.4. The van der Waals surface area contributed by atoms with E-state index in [0.717, 1.165) is 0 Å². The van der Waals surface area contributed by atoms with Crippen LogP contribution in [0.25, 0.3) is 11.1 Å². The van der Waals surface area contributed by atoms with Crippen molar-refractivity contribution in [2.45, 2.75) is 6.92 Å². The number of hydrogen-bond acceptors (Lipinski definition) is 8. The van der Waals surface area contributed by atoms with Crippen LogP contribution in [0.5, 0.6) is 0 Å². The third-order valence-electron chi connectivity index (χ3n) is 2.68. The molecule has 102 valence electrons. The first-order valence-electron chi connectivity index (χ1n) is 5.60. The highest BCUT2D eigenvalue weighted by atomic mass is 16.6. The van der Waals surface area contributed by atoms with Crippen LogP contribution in [0.1, 0.15) is 11.6 Å². The number of hydroxylamine groups is 1. The summed E-state index contributed by atoms with van der Waals surface area (Å²) in [6.07, 6.45) is 0. The van der Waals surface area contributed by atoms with Crippen molar-refractivity contribution >= 4 is 28.4 Å². The van der Waals surface area contributed by atoms with Gasteiger partial charge in [-0.05, 0) is 22.4 Å². The fraction of sp³-hybridized carbons (Fsp3) is 0.0909. The molecular formula is C11H10N6O3. The molecule has 0 aliphatic heterocycles. The smallest absolute Gasteiger partial charge is 0.199 e. The van der Waals surface area contributed by atoms with E-state index in [-0.39, 0.29) is 23.0 Å². The maximum absolute atomic E-state index is 10.2. The number of nitrogens with zero attached hydrogens (tertiary/aromatic N) is 4. The highest BCUT2D eigenvalue weighted by Gasteiger charge is 2.22. The van der Waals surface area contributed by atoms with Gasteiger partial charge in [-0.25, -0.2) is 14.7 Å². The van der Waals surface area contributed by atoms with Crippen LogP contribution in [-0.2, 0) is 0 Å². The largest absolute Gasteiger partial charge is 0.441 e. The lowest BCUT2D eigenvalue weighted by molar-refractivity contribution is 0.301. The van der Waals surface area contributed by atoms with Gasteiger partial charge in [-0.3, -0.25) is 10.6 Å². The van der Waals surface area contributed by atoms with Crippen molar-refractivity contribution in [2.75, 3.05) is 10.8 Å². The third kappa shape index (κ3) is 1.77. The number of nitrogens with two attached hydrogens (primary N) is 1. The van der Waals surface area contributed by atoms with E-state index in [2.05, 4.69) is 19.9 Å². The van der Waals surface area contributed by atoms with Gasteiger partial charge in [0.2, 0.25) is 0 Å². The quantitative estimate of drug-likeness (QED) is 0.361. The van der Waals surface area contributed by atoms with Crippen LogP contribution >= 0.6 is 0 Å². The van der Waals surface area contributed by atoms with Gasteiger partial charge in [0.05, 0.1) is 0 Å². The normalized spacial score (nSPS) is 10.9. The summed E-state index contributed by atoms with van der Waals surface area (Å²) in [6.45, 7) is 1.69. The van der Waals surface area contributed by atoms with Gasteiger partial charge in [0.25, 0.3) is 0 Å². The van der Waals surface area contributed by atoms with Gasteiger partial charge in [0.15, 0.2) is 28.8 Å². The van der Waals surface area contributed by atoms with Crippen LogP contribution in [0.15, 0.2) is 27.2 Å². The Labute approximate surface area is 112 Å². The Morgan fingerprint density at radius 3 is 2.90 bits per heavy atom. The Morgan fingerprint density at radius 1 is 1.40 bits per heavy atom. The lowest BCUT2D eigenvalue weighted by Crippen LogP contribution is -2.28. The zero-order valence-corrected chi connectivity index (χ0v) is 10.4. The average Bonchev–Trinajstić information content (AvgIpc) is 3.01. The summed E-state index contributed by atoms with van der Waals surface area (Å²) in [5, 5.41) is 25.5. The first kappa shape index (κ1) is 12.1. The summed E-state index contributed by atoms with van der Waals surface area (Å²) < 4.78 is 9.77. The predicted octanol–water partition coefficient (Wildman–Crippen LogP) is 1.32. The lowest BCUT2D eigenvalue weighted by Gasteiger charge is -2.15. The van der Waals surface area contributed by atoms with Crippen LogP contribution < -0.4 is 10.8 Å². The highest BCUT2D eigenvalue weighted by Crippen LogP contribution is 2.27. The van der Waals surface area contributed by atoms with Gasteiger partial charge in [-0.15, -0.1) is 0 Å². The Kier molecular flexibility index (Phi) is 2.61. The summed E-state index contributed by atoms with van der Waals surface area (Å²) >= 11 is 0. The van der Waals surface area contributed by atoms with E-state index in [4.69, 9.17) is 15.6 Å². The molecule has 0 atom stereocenters. The fourth-order valence-electron chi connectivity index (χ4n) is 1.80. The van der Waals surface area contributed by atoms with Crippen LogP contribution in [0.2, 0.25) is 0 Å². The molecule has 4 N–H and O–H groups in total. The number of anilines is 2. The van der Waals surface area contributed by atoms with Gasteiger partial charge in [0, 0.05) is 6.92 Å². The number of para-hydroxylation sites is 1. The monoisotopic (exact) mass is 274 g/mol. The van der Waals surface area contributed by atoms with E-state index in [0.29, 0.717) is 22.1 Å². The maximum atomic E-state index is 10.2. The van der Waals surface area contributed by atoms with Gasteiger partial charge < -0.3 is 10.2 Å². The number of oxazole rings is 1. The number of nitrogen functional groups attached to an aromatic ring is 1.